The molecule has 1 unspecified atom stereocenters. The molecule has 0 spiro atoms. The van der Waals surface area contributed by atoms with Gasteiger partial charge < -0.3 is 14.9 Å². The number of carbonyl (C=O) groups is 2. The van der Waals surface area contributed by atoms with E-state index in [-0.39, 0.29) is 11.9 Å². The topological polar surface area (TPSA) is 78.7 Å². The third kappa shape index (κ3) is 5.82. The molecule has 28 heavy (non-hydrogen) atoms. The molecule has 0 aromatic carbocycles. The lowest BCUT2D eigenvalue weighted by Crippen LogP contribution is -2.42. The smallest absolute Gasteiger partial charge is 0.475 e. The van der Waals surface area contributed by atoms with Crippen molar-refractivity contribution in [2.45, 2.75) is 44.4 Å². The average molecular weight is 402 g/mol. The van der Waals surface area contributed by atoms with Crippen LogP contribution in [0.1, 0.15) is 37.4 Å². The molecule has 2 heterocycles. The maximum Gasteiger partial charge on any atom is 0.490 e. The minimum absolute atomic E-state index is 0.231. The molecule has 3 rings (SSSR count). The van der Waals surface area contributed by atoms with Gasteiger partial charge in [0.2, 0.25) is 5.91 Å². The number of halogens is 3. The van der Waals surface area contributed by atoms with Gasteiger partial charge in [-0.2, -0.15) is 18.3 Å². The molecular formula is C18H25F3N4O3. The van der Waals surface area contributed by atoms with E-state index < -0.39 is 12.1 Å². The lowest BCUT2D eigenvalue weighted by Gasteiger charge is -2.34. The van der Waals surface area contributed by atoms with E-state index in [1.54, 1.807) is 0 Å². The number of nitrogens with zero attached hydrogens (tertiary/aromatic N) is 4. The van der Waals surface area contributed by atoms with Gasteiger partial charge in [-0.05, 0) is 52.4 Å². The van der Waals surface area contributed by atoms with E-state index in [0.717, 1.165) is 50.0 Å². The standard InChI is InChI=1S/C16H24N4O.C2HF3O2/c1-18(2)10-8-15-12-19(11-14-7-9-17-20(14)15)16(21)13-5-3-4-6-13;3-2(4,5)1(6)7/h5,7,9,15H,3-4,6,8,10-12H2,1-2H3;(H,6,7). The van der Waals surface area contributed by atoms with E-state index in [2.05, 4.69) is 34.9 Å². The second-order valence-corrected chi connectivity index (χ2v) is 7.12. The highest BCUT2D eigenvalue weighted by molar-refractivity contribution is 5.93. The van der Waals surface area contributed by atoms with Crippen molar-refractivity contribution in [3.8, 4) is 0 Å². The van der Waals surface area contributed by atoms with Crippen LogP contribution in [0.5, 0.6) is 0 Å². The van der Waals surface area contributed by atoms with Crippen LogP contribution in [-0.2, 0) is 16.1 Å². The van der Waals surface area contributed by atoms with Gasteiger partial charge in [0.1, 0.15) is 0 Å². The van der Waals surface area contributed by atoms with E-state index in [1.807, 2.05) is 17.2 Å². The van der Waals surface area contributed by atoms with Crippen molar-refractivity contribution in [1.82, 2.24) is 19.6 Å². The largest absolute Gasteiger partial charge is 0.490 e. The molecule has 0 saturated carbocycles. The number of carbonyl (C=O) groups excluding carboxylic acids is 1. The second kappa shape index (κ2) is 9.22. The lowest BCUT2D eigenvalue weighted by molar-refractivity contribution is -0.192. The highest BCUT2D eigenvalue weighted by atomic mass is 19.4. The van der Waals surface area contributed by atoms with Crippen molar-refractivity contribution in [1.29, 1.82) is 0 Å². The number of alkyl halides is 3. The van der Waals surface area contributed by atoms with Gasteiger partial charge in [-0.25, -0.2) is 4.79 Å². The minimum atomic E-state index is -5.08. The maximum absolute atomic E-state index is 12.6. The zero-order valence-corrected chi connectivity index (χ0v) is 15.9. The van der Waals surface area contributed by atoms with Crippen LogP contribution >= 0.6 is 0 Å². The van der Waals surface area contributed by atoms with E-state index in [9.17, 15) is 18.0 Å². The summed E-state index contributed by atoms with van der Waals surface area (Å²) in [6, 6.07) is 2.32. The first kappa shape index (κ1) is 21.9. The van der Waals surface area contributed by atoms with Crippen LogP contribution in [0.4, 0.5) is 13.2 Å². The predicted octanol–water partition coefficient (Wildman–Crippen LogP) is 2.46. The first-order valence-corrected chi connectivity index (χ1v) is 9.05. The summed E-state index contributed by atoms with van der Waals surface area (Å²) >= 11 is 0. The van der Waals surface area contributed by atoms with Gasteiger partial charge in [-0.15, -0.1) is 0 Å². The SMILES string of the molecule is CN(C)CCC1CN(C(=O)C2=CCCC2)Cc2ccnn21.O=C(O)C(F)(F)F. The number of amides is 1. The predicted molar refractivity (Wildman–Crippen MR) is 95.5 cm³/mol. The van der Waals surface area contributed by atoms with Crippen molar-refractivity contribution < 1.29 is 27.9 Å². The van der Waals surface area contributed by atoms with Gasteiger partial charge in [0.25, 0.3) is 0 Å². The number of carboxylic acids is 1. The molecule has 0 saturated heterocycles. The summed E-state index contributed by atoms with van der Waals surface area (Å²) in [7, 11) is 4.16. The van der Waals surface area contributed by atoms with Crippen molar-refractivity contribution in [2.24, 2.45) is 0 Å². The zero-order chi connectivity index (χ0) is 20.9. The average Bonchev–Trinajstić information content (AvgIpc) is 3.29. The normalized spacial score (nSPS) is 19.0. The van der Waals surface area contributed by atoms with E-state index in [4.69, 9.17) is 9.90 Å². The van der Waals surface area contributed by atoms with Crippen molar-refractivity contribution in [3.63, 3.8) is 0 Å². The summed E-state index contributed by atoms with van der Waals surface area (Å²) in [6.45, 7) is 2.47. The summed E-state index contributed by atoms with van der Waals surface area (Å²) in [5.74, 6) is -2.53. The molecule has 1 amide bonds. The molecule has 2 aliphatic rings. The Hall–Kier alpha value is -2.36. The quantitative estimate of drug-likeness (QED) is 0.837. The van der Waals surface area contributed by atoms with Crippen LogP contribution in [0.25, 0.3) is 0 Å². The highest BCUT2D eigenvalue weighted by Crippen LogP contribution is 2.27. The minimum Gasteiger partial charge on any atom is -0.475 e. The molecule has 1 atom stereocenters. The fourth-order valence-electron chi connectivity index (χ4n) is 3.23. The molecule has 1 aromatic rings. The monoisotopic (exact) mass is 402 g/mol. The lowest BCUT2D eigenvalue weighted by atomic mass is 10.1. The Bertz CT molecular complexity index is 728. The molecule has 156 valence electrons. The van der Waals surface area contributed by atoms with E-state index in [1.165, 1.54) is 0 Å². The van der Waals surface area contributed by atoms with Crippen LogP contribution in [0.3, 0.4) is 0 Å². The number of allylic oxidation sites excluding steroid dienone is 1. The fourth-order valence-corrected chi connectivity index (χ4v) is 3.23. The van der Waals surface area contributed by atoms with E-state index >= 15 is 0 Å². The van der Waals surface area contributed by atoms with Crippen LogP contribution in [-0.4, -0.2) is 69.9 Å². The molecule has 0 fully saturated rings. The molecule has 1 aromatic heterocycles. The van der Waals surface area contributed by atoms with Gasteiger partial charge in [0, 0.05) is 18.3 Å². The zero-order valence-electron chi connectivity index (χ0n) is 15.9. The number of rotatable bonds is 4. The van der Waals surface area contributed by atoms with Gasteiger partial charge >= 0.3 is 12.1 Å². The number of hydrogen-bond donors (Lipinski definition) is 1. The highest BCUT2D eigenvalue weighted by Gasteiger charge is 2.38. The van der Waals surface area contributed by atoms with Gasteiger partial charge in [0.05, 0.1) is 18.3 Å². The number of hydrogen-bond acceptors (Lipinski definition) is 4. The van der Waals surface area contributed by atoms with Crippen LogP contribution < -0.4 is 0 Å². The summed E-state index contributed by atoms with van der Waals surface area (Å²) < 4.78 is 33.8. The third-order valence-electron chi connectivity index (χ3n) is 4.64. The van der Waals surface area contributed by atoms with Gasteiger partial charge in [-0.1, -0.05) is 6.08 Å². The Labute approximate surface area is 161 Å². The second-order valence-electron chi connectivity index (χ2n) is 7.12. The first-order valence-electron chi connectivity index (χ1n) is 9.05. The van der Waals surface area contributed by atoms with Crippen molar-refractivity contribution in [3.05, 3.63) is 29.6 Å². The van der Waals surface area contributed by atoms with Crippen LogP contribution in [0.15, 0.2) is 23.9 Å². The Morgan fingerprint density at radius 2 is 2.04 bits per heavy atom. The van der Waals surface area contributed by atoms with Gasteiger partial charge in [-0.3, -0.25) is 9.48 Å². The van der Waals surface area contributed by atoms with E-state index in [0.29, 0.717) is 6.54 Å². The summed E-state index contributed by atoms with van der Waals surface area (Å²) in [5.41, 5.74) is 2.16. The Balaban J connectivity index is 0.000000345. The fraction of sp³-hybridized carbons (Fsp3) is 0.611. The summed E-state index contributed by atoms with van der Waals surface area (Å²) in [4.78, 5) is 25.7. The maximum atomic E-state index is 12.6. The number of fused-ring (bicyclic) bond motifs is 1. The summed E-state index contributed by atoms with van der Waals surface area (Å²) in [5, 5.41) is 11.6. The summed E-state index contributed by atoms with van der Waals surface area (Å²) in [6.07, 6.45) is 3.01. The molecule has 1 N–H and O–H groups in total. The van der Waals surface area contributed by atoms with Crippen molar-refractivity contribution in [2.75, 3.05) is 27.2 Å². The van der Waals surface area contributed by atoms with Gasteiger partial charge in [0.15, 0.2) is 0 Å². The molecule has 0 radical (unpaired) electrons. The number of aliphatic carboxylic acids is 1. The molecule has 10 heteroatoms. The molecule has 0 bridgehead atoms. The Morgan fingerprint density at radius 1 is 1.36 bits per heavy atom. The Morgan fingerprint density at radius 3 is 2.57 bits per heavy atom. The Kier molecular flexibility index (Phi) is 7.22. The number of carboxylic acid groups (broad SMARTS) is 1. The molecule has 1 aliphatic carbocycles. The molecular weight excluding hydrogens is 377 g/mol. The number of aromatic nitrogens is 2. The van der Waals surface area contributed by atoms with Crippen LogP contribution in [0, 0.1) is 0 Å². The van der Waals surface area contributed by atoms with Crippen LogP contribution in [0.2, 0.25) is 0 Å². The van der Waals surface area contributed by atoms with Crippen molar-refractivity contribution >= 4 is 11.9 Å². The molecule has 7 nitrogen and oxygen atoms in total. The first-order chi connectivity index (χ1) is 13.1. The third-order valence-corrected chi connectivity index (χ3v) is 4.64. The molecule has 1 aliphatic heterocycles.